The molecule has 7 aromatic carbocycles. The van der Waals surface area contributed by atoms with E-state index in [1.165, 1.54) is 65.9 Å². The van der Waals surface area contributed by atoms with Crippen LogP contribution in [-0.2, 0) is 21.7 Å². The van der Waals surface area contributed by atoms with Crippen molar-refractivity contribution in [3.05, 3.63) is 185 Å². The molecule has 0 aliphatic heterocycles. The molecule has 0 aliphatic carbocycles. The molecule has 10 aromatic rings. The summed E-state index contributed by atoms with van der Waals surface area (Å²) in [5.41, 5.74) is 18.4. The van der Waals surface area contributed by atoms with Crippen LogP contribution in [0.3, 0.4) is 0 Å². The Morgan fingerprint density at radius 3 is 0.971 bits per heavy atom. The first-order chi connectivity index (χ1) is 33.1. The minimum atomic E-state index is 0.0109. The zero-order valence-corrected chi connectivity index (χ0v) is 42.7. The van der Waals surface area contributed by atoms with Crippen molar-refractivity contribution in [3.8, 4) is 56.9 Å². The summed E-state index contributed by atoms with van der Waals surface area (Å²) in [6, 6.07) is 55.3. The Balaban J connectivity index is 1.12. The van der Waals surface area contributed by atoms with E-state index in [-0.39, 0.29) is 21.7 Å². The molecule has 0 atom stereocenters. The average Bonchev–Trinajstić information content (AvgIpc) is 3.84. The summed E-state index contributed by atoms with van der Waals surface area (Å²) < 4.78 is 4.77. The fourth-order valence-electron chi connectivity index (χ4n) is 10.1. The Bertz CT molecular complexity index is 3440. The Morgan fingerprint density at radius 2 is 0.671 bits per heavy atom. The van der Waals surface area contributed by atoms with E-state index >= 15 is 0 Å². The number of benzene rings is 7. The molecule has 0 bridgehead atoms. The van der Waals surface area contributed by atoms with Gasteiger partial charge in [-0.1, -0.05) is 138 Å². The lowest BCUT2D eigenvalue weighted by atomic mass is 9.85. The summed E-state index contributed by atoms with van der Waals surface area (Å²) in [5, 5.41) is 25.2. The van der Waals surface area contributed by atoms with Gasteiger partial charge in [-0.05, 0) is 146 Å². The Morgan fingerprint density at radius 1 is 0.357 bits per heavy atom. The van der Waals surface area contributed by atoms with Crippen molar-refractivity contribution in [3.63, 3.8) is 0 Å². The molecule has 3 heterocycles. The standard InChI is InChI=1S/C65H61N5/c1-62(2,3)45-19-27-57-51(32-45)52-33-46(63(4,5)6)20-28-58(52)69(57)49-23-15-40(16-24-49)55-38-68-39-56(61(55)42-13-14-43(36-66)44(31-42)37-67)41-17-25-50(26-18-41)70-59-29-21-47(64(7,8)9)34-53(59)54-35-48(65(10,11)12)22-30-60(54)70/h13-35,38-39H,1-12H3. The monoisotopic (exact) mass is 911 g/mol. The van der Waals surface area contributed by atoms with Crippen molar-refractivity contribution < 1.29 is 0 Å². The van der Waals surface area contributed by atoms with Crippen LogP contribution in [0.2, 0.25) is 0 Å². The predicted octanol–water partition coefficient (Wildman–Crippen LogP) is 17.2. The van der Waals surface area contributed by atoms with E-state index in [0.29, 0.717) is 11.1 Å². The molecular formula is C65H61N5. The first-order valence-electron chi connectivity index (χ1n) is 24.5. The van der Waals surface area contributed by atoms with Gasteiger partial charge in [-0.2, -0.15) is 10.5 Å². The highest BCUT2D eigenvalue weighted by Crippen LogP contribution is 2.43. The quantitative estimate of drug-likeness (QED) is 0.173. The lowest BCUT2D eigenvalue weighted by Crippen LogP contribution is -2.10. The van der Waals surface area contributed by atoms with Crippen molar-refractivity contribution in [2.75, 3.05) is 0 Å². The number of fused-ring (bicyclic) bond motifs is 6. The highest BCUT2D eigenvalue weighted by molar-refractivity contribution is 6.11. The third-order valence-corrected chi connectivity index (χ3v) is 14.4. The van der Waals surface area contributed by atoms with E-state index in [0.717, 1.165) is 44.8 Å². The molecule has 3 aromatic heterocycles. The van der Waals surface area contributed by atoms with Gasteiger partial charge in [0.2, 0.25) is 0 Å². The molecule has 0 N–H and O–H groups in total. The SMILES string of the molecule is CC(C)(C)c1ccc2c(c1)c1cc(C(C)(C)C)ccc1n2-c1ccc(-c2cncc(-c3ccc(-n4c5ccc(C(C)(C)C)cc5c5cc(C(C)(C)C)ccc54)cc3)c2-c2ccc(C#N)c(C#N)c2)cc1. The topological polar surface area (TPSA) is 70.3 Å². The Hall–Kier alpha value is -7.73. The number of hydrogen-bond donors (Lipinski definition) is 0. The second-order valence-electron chi connectivity index (χ2n) is 23.3. The van der Waals surface area contributed by atoms with E-state index in [9.17, 15) is 10.5 Å². The minimum Gasteiger partial charge on any atom is -0.309 e. The lowest BCUT2D eigenvalue weighted by Gasteiger charge is -2.19. The molecule has 0 radical (unpaired) electrons. The molecule has 0 aliphatic rings. The van der Waals surface area contributed by atoms with E-state index < -0.39 is 0 Å². The van der Waals surface area contributed by atoms with Gasteiger partial charge in [-0.3, -0.25) is 4.98 Å². The smallest absolute Gasteiger partial charge is 0.101 e. The summed E-state index contributed by atoms with van der Waals surface area (Å²) in [5.74, 6) is 0. The predicted molar refractivity (Wildman–Crippen MR) is 293 cm³/mol. The zero-order chi connectivity index (χ0) is 49.7. The largest absolute Gasteiger partial charge is 0.309 e. The van der Waals surface area contributed by atoms with Crippen molar-refractivity contribution in [2.24, 2.45) is 0 Å². The molecule has 0 saturated carbocycles. The van der Waals surface area contributed by atoms with Crippen molar-refractivity contribution in [1.29, 1.82) is 10.5 Å². The fourth-order valence-corrected chi connectivity index (χ4v) is 10.1. The number of nitriles is 2. The van der Waals surface area contributed by atoms with Gasteiger partial charge in [-0.15, -0.1) is 0 Å². The third kappa shape index (κ3) is 7.94. The zero-order valence-electron chi connectivity index (χ0n) is 42.7. The van der Waals surface area contributed by atoms with Crippen LogP contribution in [0.25, 0.3) is 88.4 Å². The highest BCUT2D eigenvalue weighted by atomic mass is 15.0. The first-order valence-corrected chi connectivity index (χ1v) is 24.5. The molecule has 0 unspecified atom stereocenters. The van der Waals surface area contributed by atoms with E-state index in [1.54, 1.807) is 6.07 Å². The van der Waals surface area contributed by atoms with Gasteiger partial charge in [-0.25, -0.2) is 0 Å². The number of hydrogen-bond acceptors (Lipinski definition) is 3. The van der Waals surface area contributed by atoms with Crippen LogP contribution in [0.4, 0.5) is 0 Å². The molecule has 10 rings (SSSR count). The van der Waals surface area contributed by atoms with Crippen molar-refractivity contribution in [1.82, 2.24) is 14.1 Å². The summed E-state index contributed by atoms with van der Waals surface area (Å²) in [7, 11) is 0. The third-order valence-electron chi connectivity index (χ3n) is 14.4. The second-order valence-corrected chi connectivity index (χ2v) is 23.3. The number of nitrogens with zero attached hydrogens (tertiary/aromatic N) is 5. The molecule has 0 spiro atoms. The van der Waals surface area contributed by atoms with Crippen LogP contribution < -0.4 is 0 Å². The van der Waals surface area contributed by atoms with Crippen LogP contribution in [0, 0.1) is 22.7 Å². The van der Waals surface area contributed by atoms with E-state index in [4.69, 9.17) is 4.98 Å². The maximum Gasteiger partial charge on any atom is 0.101 e. The van der Waals surface area contributed by atoms with Crippen molar-refractivity contribution in [2.45, 2.75) is 105 Å². The summed E-state index contributed by atoms with van der Waals surface area (Å²) >= 11 is 0. The molecule has 5 heteroatoms. The summed E-state index contributed by atoms with van der Waals surface area (Å²) in [4.78, 5) is 4.89. The maximum absolute atomic E-state index is 10.2. The molecule has 346 valence electrons. The van der Waals surface area contributed by atoms with Crippen LogP contribution >= 0.6 is 0 Å². The molecular weight excluding hydrogens is 851 g/mol. The maximum atomic E-state index is 10.2. The van der Waals surface area contributed by atoms with Crippen LogP contribution in [0.15, 0.2) is 152 Å². The first kappa shape index (κ1) is 46.0. The molecule has 0 fully saturated rings. The van der Waals surface area contributed by atoms with Gasteiger partial charge in [0.15, 0.2) is 0 Å². The lowest BCUT2D eigenvalue weighted by molar-refractivity contribution is 0.590. The molecule has 5 nitrogen and oxygen atoms in total. The summed E-state index contributed by atoms with van der Waals surface area (Å²) in [6.07, 6.45) is 3.84. The highest BCUT2D eigenvalue weighted by Gasteiger charge is 2.24. The molecule has 0 amide bonds. The second kappa shape index (κ2) is 16.5. The normalized spacial score (nSPS) is 12.5. The Labute approximate surface area is 413 Å². The van der Waals surface area contributed by atoms with Crippen LogP contribution in [-0.4, -0.2) is 14.1 Å². The van der Waals surface area contributed by atoms with E-state index in [2.05, 4.69) is 226 Å². The number of pyridine rings is 1. The molecule has 0 saturated heterocycles. The van der Waals surface area contributed by atoms with Crippen LogP contribution in [0.1, 0.15) is 116 Å². The van der Waals surface area contributed by atoms with Gasteiger partial charge >= 0.3 is 0 Å². The van der Waals surface area contributed by atoms with Gasteiger partial charge in [0.1, 0.15) is 12.1 Å². The number of rotatable bonds is 5. The Kier molecular flexibility index (Phi) is 10.8. The average molecular weight is 912 g/mol. The number of aromatic nitrogens is 3. The van der Waals surface area contributed by atoms with Crippen LogP contribution in [0.5, 0.6) is 0 Å². The van der Waals surface area contributed by atoms with Gasteiger partial charge < -0.3 is 9.13 Å². The van der Waals surface area contributed by atoms with E-state index in [1.807, 2.05) is 24.5 Å². The molecule has 70 heavy (non-hydrogen) atoms. The van der Waals surface area contributed by atoms with Gasteiger partial charge in [0.05, 0.1) is 33.2 Å². The minimum absolute atomic E-state index is 0.0109. The van der Waals surface area contributed by atoms with Gasteiger partial charge in [0, 0.05) is 62.0 Å². The summed E-state index contributed by atoms with van der Waals surface area (Å²) in [6.45, 7) is 27.3. The van der Waals surface area contributed by atoms with Crippen molar-refractivity contribution >= 4 is 43.6 Å². The fraction of sp³-hybridized carbons (Fsp3) is 0.246. The van der Waals surface area contributed by atoms with Gasteiger partial charge in [0.25, 0.3) is 0 Å².